The summed E-state index contributed by atoms with van der Waals surface area (Å²) < 4.78 is 4.63. The van der Waals surface area contributed by atoms with E-state index in [9.17, 15) is 9.90 Å². The summed E-state index contributed by atoms with van der Waals surface area (Å²) in [7, 11) is 0. The quantitative estimate of drug-likeness (QED) is 0.512. The first-order chi connectivity index (χ1) is 6.13. The van der Waals surface area contributed by atoms with Crippen molar-refractivity contribution >= 4 is 18.4 Å². The van der Waals surface area contributed by atoms with Gasteiger partial charge in [-0.1, -0.05) is 26.0 Å². The third-order valence-corrected chi connectivity index (χ3v) is 1.61. The molecule has 0 radical (unpaired) electrons. The normalized spacial score (nSPS) is 13.6. The van der Waals surface area contributed by atoms with E-state index in [4.69, 9.17) is 5.73 Å². The van der Waals surface area contributed by atoms with Crippen LogP contribution in [-0.2, 0) is 9.53 Å². The summed E-state index contributed by atoms with van der Waals surface area (Å²) in [5.41, 5.74) is 5.52. The van der Waals surface area contributed by atoms with Gasteiger partial charge in [-0.25, -0.2) is 4.79 Å². The molecule has 0 spiro atoms. The standard InChI is InChI=1S/C9H17NO3.ClH/c1-3-5-7(10)8(11)9(12)13-6-4-2;/h4,7-8,11H,2-3,5-6,10H2,1H3;1H. The molecule has 0 aromatic carbocycles. The van der Waals surface area contributed by atoms with Crippen LogP contribution in [-0.4, -0.2) is 29.8 Å². The Hall–Kier alpha value is -0.580. The minimum atomic E-state index is -1.22. The summed E-state index contributed by atoms with van der Waals surface area (Å²) in [6, 6.07) is -0.540. The number of aliphatic hydroxyl groups is 1. The molecule has 0 aromatic heterocycles. The van der Waals surface area contributed by atoms with Crippen molar-refractivity contribution < 1.29 is 14.6 Å². The average molecular weight is 224 g/mol. The number of carbonyl (C=O) groups is 1. The van der Waals surface area contributed by atoms with E-state index in [1.807, 2.05) is 6.92 Å². The second-order valence-electron chi connectivity index (χ2n) is 2.82. The fourth-order valence-corrected chi connectivity index (χ4v) is 0.892. The number of halogens is 1. The van der Waals surface area contributed by atoms with Crippen LogP contribution in [0.3, 0.4) is 0 Å². The summed E-state index contributed by atoms with van der Waals surface area (Å²) in [5.74, 6) is -0.680. The fraction of sp³-hybridized carbons (Fsp3) is 0.667. The van der Waals surface area contributed by atoms with Crippen molar-refractivity contribution in [3.63, 3.8) is 0 Å². The number of esters is 1. The highest BCUT2D eigenvalue weighted by Crippen LogP contribution is 2.01. The zero-order valence-electron chi connectivity index (χ0n) is 8.31. The molecule has 2 unspecified atom stereocenters. The Labute approximate surface area is 90.5 Å². The summed E-state index contributed by atoms with van der Waals surface area (Å²) >= 11 is 0. The molecule has 84 valence electrons. The Morgan fingerprint density at radius 3 is 2.71 bits per heavy atom. The maximum Gasteiger partial charge on any atom is 0.336 e. The molecular formula is C9H18ClNO3. The van der Waals surface area contributed by atoms with Gasteiger partial charge >= 0.3 is 5.97 Å². The third-order valence-electron chi connectivity index (χ3n) is 1.61. The Morgan fingerprint density at radius 1 is 1.71 bits per heavy atom. The summed E-state index contributed by atoms with van der Waals surface area (Å²) in [6.07, 6.45) is 1.65. The van der Waals surface area contributed by atoms with Gasteiger partial charge in [0.15, 0.2) is 6.10 Å². The lowest BCUT2D eigenvalue weighted by molar-refractivity contribution is -0.153. The molecule has 0 aromatic rings. The van der Waals surface area contributed by atoms with E-state index in [0.29, 0.717) is 6.42 Å². The van der Waals surface area contributed by atoms with Gasteiger partial charge in [-0.2, -0.15) is 0 Å². The van der Waals surface area contributed by atoms with E-state index in [-0.39, 0.29) is 19.0 Å². The molecule has 0 saturated heterocycles. The van der Waals surface area contributed by atoms with Crippen LogP contribution in [0.2, 0.25) is 0 Å². The Balaban J connectivity index is 0. The largest absolute Gasteiger partial charge is 0.460 e. The number of rotatable bonds is 6. The molecule has 5 heteroatoms. The van der Waals surface area contributed by atoms with Gasteiger partial charge in [0.05, 0.1) is 0 Å². The molecule has 0 bridgehead atoms. The van der Waals surface area contributed by atoms with Crippen LogP contribution >= 0.6 is 12.4 Å². The van der Waals surface area contributed by atoms with Gasteiger partial charge in [0, 0.05) is 6.04 Å². The zero-order chi connectivity index (χ0) is 10.3. The predicted octanol–water partition coefficient (Wildman–Crippen LogP) is 0.626. The molecule has 0 heterocycles. The van der Waals surface area contributed by atoms with Crippen molar-refractivity contribution in [2.45, 2.75) is 31.9 Å². The molecule has 3 N–H and O–H groups in total. The summed E-state index contributed by atoms with van der Waals surface area (Å²) in [4.78, 5) is 11.0. The average Bonchev–Trinajstić information content (AvgIpc) is 2.13. The minimum absolute atomic E-state index is 0. The predicted molar refractivity (Wildman–Crippen MR) is 57.3 cm³/mol. The molecule has 0 aliphatic carbocycles. The Kier molecular flexibility index (Phi) is 10.2. The molecule has 0 rings (SSSR count). The SMILES string of the molecule is C=CCOC(=O)C(O)C(N)CCC.Cl. The molecule has 2 atom stereocenters. The lowest BCUT2D eigenvalue weighted by Gasteiger charge is -2.16. The molecule has 0 saturated carbocycles. The van der Waals surface area contributed by atoms with Crippen LogP contribution in [0.25, 0.3) is 0 Å². The number of hydrogen-bond donors (Lipinski definition) is 2. The van der Waals surface area contributed by atoms with Gasteiger partial charge in [-0.15, -0.1) is 12.4 Å². The van der Waals surface area contributed by atoms with Crippen LogP contribution < -0.4 is 5.73 Å². The minimum Gasteiger partial charge on any atom is -0.460 e. The Bertz CT molecular complexity index is 175. The lowest BCUT2D eigenvalue weighted by Crippen LogP contribution is -2.41. The highest BCUT2D eigenvalue weighted by atomic mass is 35.5. The molecule has 4 nitrogen and oxygen atoms in total. The van der Waals surface area contributed by atoms with Gasteiger partial charge in [0.1, 0.15) is 6.61 Å². The first-order valence-electron chi connectivity index (χ1n) is 4.34. The van der Waals surface area contributed by atoms with Crippen molar-refractivity contribution in [1.29, 1.82) is 0 Å². The van der Waals surface area contributed by atoms with Crippen molar-refractivity contribution in [2.24, 2.45) is 5.73 Å². The molecule has 0 aliphatic heterocycles. The highest BCUT2D eigenvalue weighted by molar-refractivity contribution is 5.85. The van der Waals surface area contributed by atoms with Crippen LogP contribution in [0, 0.1) is 0 Å². The number of nitrogens with two attached hydrogens (primary N) is 1. The fourth-order valence-electron chi connectivity index (χ4n) is 0.892. The lowest BCUT2D eigenvalue weighted by atomic mass is 10.1. The van der Waals surface area contributed by atoms with Crippen molar-refractivity contribution in [3.8, 4) is 0 Å². The molecular weight excluding hydrogens is 206 g/mol. The van der Waals surface area contributed by atoms with Crippen LogP contribution in [0.4, 0.5) is 0 Å². The number of carbonyl (C=O) groups excluding carboxylic acids is 1. The second-order valence-corrected chi connectivity index (χ2v) is 2.82. The van der Waals surface area contributed by atoms with Crippen LogP contribution in [0.5, 0.6) is 0 Å². The van der Waals surface area contributed by atoms with Crippen molar-refractivity contribution in [1.82, 2.24) is 0 Å². The summed E-state index contributed by atoms with van der Waals surface area (Å²) in [6.45, 7) is 5.42. The third kappa shape index (κ3) is 5.96. The van der Waals surface area contributed by atoms with Crippen LogP contribution in [0.1, 0.15) is 19.8 Å². The maximum absolute atomic E-state index is 11.0. The van der Waals surface area contributed by atoms with Crippen molar-refractivity contribution in [3.05, 3.63) is 12.7 Å². The van der Waals surface area contributed by atoms with Gasteiger partial charge in [-0.05, 0) is 6.42 Å². The zero-order valence-corrected chi connectivity index (χ0v) is 9.13. The molecule has 0 fully saturated rings. The molecule has 0 amide bonds. The first kappa shape index (κ1) is 15.9. The van der Waals surface area contributed by atoms with E-state index in [2.05, 4.69) is 11.3 Å². The van der Waals surface area contributed by atoms with E-state index in [0.717, 1.165) is 6.42 Å². The van der Waals surface area contributed by atoms with Gasteiger partial charge < -0.3 is 15.6 Å². The summed E-state index contributed by atoms with van der Waals surface area (Å²) in [5, 5.41) is 9.31. The van der Waals surface area contributed by atoms with E-state index < -0.39 is 18.1 Å². The van der Waals surface area contributed by atoms with Gasteiger partial charge in [0.2, 0.25) is 0 Å². The topological polar surface area (TPSA) is 72.5 Å². The van der Waals surface area contributed by atoms with E-state index in [1.165, 1.54) is 6.08 Å². The first-order valence-corrected chi connectivity index (χ1v) is 4.34. The van der Waals surface area contributed by atoms with E-state index in [1.54, 1.807) is 0 Å². The highest BCUT2D eigenvalue weighted by Gasteiger charge is 2.23. The van der Waals surface area contributed by atoms with Gasteiger partial charge in [-0.3, -0.25) is 0 Å². The monoisotopic (exact) mass is 223 g/mol. The van der Waals surface area contributed by atoms with Gasteiger partial charge in [0.25, 0.3) is 0 Å². The van der Waals surface area contributed by atoms with Crippen molar-refractivity contribution in [2.75, 3.05) is 6.61 Å². The smallest absolute Gasteiger partial charge is 0.336 e. The molecule has 0 aliphatic rings. The maximum atomic E-state index is 11.0. The van der Waals surface area contributed by atoms with Crippen LogP contribution in [0.15, 0.2) is 12.7 Å². The Morgan fingerprint density at radius 2 is 2.29 bits per heavy atom. The second kappa shape index (κ2) is 8.99. The number of hydrogen-bond acceptors (Lipinski definition) is 4. The number of aliphatic hydroxyl groups excluding tert-OH is 1. The van der Waals surface area contributed by atoms with E-state index >= 15 is 0 Å². The molecule has 14 heavy (non-hydrogen) atoms. The number of ether oxygens (including phenoxy) is 1.